The van der Waals surface area contributed by atoms with E-state index in [4.69, 9.17) is 4.74 Å². The lowest BCUT2D eigenvalue weighted by molar-refractivity contribution is -0.150. The van der Waals surface area contributed by atoms with E-state index in [0.29, 0.717) is 12.0 Å². The van der Waals surface area contributed by atoms with Gasteiger partial charge in [0.2, 0.25) is 0 Å². The van der Waals surface area contributed by atoms with Crippen molar-refractivity contribution in [3.8, 4) is 0 Å². The fraction of sp³-hybridized carbons (Fsp3) is 0.300. The van der Waals surface area contributed by atoms with Crippen molar-refractivity contribution in [2.24, 2.45) is 5.41 Å². The van der Waals surface area contributed by atoms with Gasteiger partial charge >= 0.3 is 11.9 Å². The number of carboxylic acid groups (broad SMARTS) is 1. The molecule has 0 fully saturated rings. The number of esters is 1. The number of aliphatic carboxylic acids is 1. The Morgan fingerprint density at radius 1 is 1.08 bits per heavy atom. The van der Waals surface area contributed by atoms with Crippen molar-refractivity contribution < 1.29 is 19.4 Å². The maximum atomic E-state index is 12.2. The third kappa shape index (κ3) is 1.74. The van der Waals surface area contributed by atoms with Gasteiger partial charge in [-0.15, -0.1) is 0 Å². The van der Waals surface area contributed by atoms with E-state index in [2.05, 4.69) is 0 Å². The summed E-state index contributed by atoms with van der Waals surface area (Å²) < 4.78 is 4.94. The molecule has 24 heavy (non-hydrogen) atoms. The molecule has 4 heteroatoms. The smallest absolute Gasteiger partial charge is 0.338 e. The van der Waals surface area contributed by atoms with Crippen LogP contribution in [0.5, 0.6) is 0 Å². The maximum Gasteiger partial charge on any atom is 0.338 e. The minimum absolute atomic E-state index is 0.0994. The van der Waals surface area contributed by atoms with Crippen LogP contribution in [0, 0.1) is 5.41 Å². The summed E-state index contributed by atoms with van der Waals surface area (Å²) in [7, 11) is 1.37. The second-order valence-corrected chi connectivity index (χ2v) is 6.84. The molecule has 3 unspecified atom stereocenters. The molecule has 2 bridgehead atoms. The highest BCUT2D eigenvalue weighted by Crippen LogP contribution is 2.61. The molecule has 0 heterocycles. The van der Waals surface area contributed by atoms with Gasteiger partial charge in [0.05, 0.1) is 18.1 Å². The van der Waals surface area contributed by atoms with Crippen molar-refractivity contribution in [3.05, 3.63) is 70.3 Å². The highest BCUT2D eigenvalue weighted by atomic mass is 16.5. The van der Waals surface area contributed by atoms with E-state index >= 15 is 0 Å². The molecule has 3 atom stereocenters. The predicted octanol–water partition coefficient (Wildman–Crippen LogP) is 3.55. The zero-order chi connectivity index (χ0) is 17.1. The third-order valence-electron chi connectivity index (χ3n) is 5.64. The van der Waals surface area contributed by atoms with E-state index < -0.39 is 11.4 Å². The Morgan fingerprint density at radius 3 is 2.42 bits per heavy atom. The van der Waals surface area contributed by atoms with Gasteiger partial charge in [-0.25, -0.2) is 4.79 Å². The minimum Gasteiger partial charge on any atom is -0.481 e. The van der Waals surface area contributed by atoms with Gasteiger partial charge in [0.25, 0.3) is 0 Å². The van der Waals surface area contributed by atoms with E-state index in [1.807, 2.05) is 43.3 Å². The molecule has 3 aliphatic rings. The molecule has 0 spiro atoms. The van der Waals surface area contributed by atoms with Crippen LogP contribution < -0.4 is 0 Å². The number of methoxy groups -OCH3 is 1. The van der Waals surface area contributed by atoms with Crippen molar-refractivity contribution in [1.82, 2.24) is 0 Å². The molecule has 0 radical (unpaired) electrons. The number of ether oxygens (including phenoxy) is 1. The van der Waals surface area contributed by atoms with Crippen molar-refractivity contribution in [2.45, 2.75) is 25.2 Å². The summed E-state index contributed by atoms with van der Waals surface area (Å²) in [5, 5.41) is 9.90. The third-order valence-corrected chi connectivity index (χ3v) is 5.64. The summed E-state index contributed by atoms with van der Waals surface area (Å²) >= 11 is 0. The fourth-order valence-corrected chi connectivity index (χ4v) is 4.58. The van der Waals surface area contributed by atoms with Crippen LogP contribution in [-0.4, -0.2) is 24.2 Å². The van der Waals surface area contributed by atoms with Gasteiger partial charge in [-0.3, -0.25) is 4.79 Å². The number of carbonyl (C=O) groups is 2. The molecule has 4 nitrogen and oxygen atoms in total. The predicted molar refractivity (Wildman–Crippen MR) is 88.3 cm³/mol. The Balaban J connectivity index is 2.04. The van der Waals surface area contributed by atoms with Gasteiger partial charge in [0, 0.05) is 11.8 Å². The standard InChI is InChI=1S/C20H18O4/c1-20(19(22)23)10-15-11-6-3-4-7-12(11)17(20)13-8-5-9-14(16(13)15)18(21)24-2/h3-9,15,17H,10H2,1-2H3,(H,22,23). The van der Waals surface area contributed by atoms with Gasteiger partial charge in [-0.05, 0) is 41.7 Å². The number of rotatable bonds is 2. The van der Waals surface area contributed by atoms with E-state index in [1.165, 1.54) is 7.11 Å². The minimum atomic E-state index is -0.874. The first-order valence-corrected chi connectivity index (χ1v) is 8.02. The summed E-state index contributed by atoms with van der Waals surface area (Å²) in [6.07, 6.45) is 0.491. The zero-order valence-corrected chi connectivity index (χ0v) is 13.6. The Morgan fingerprint density at radius 2 is 1.75 bits per heavy atom. The van der Waals surface area contributed by atoms with Crippen molar-refractivity contribution in [1.29, 1.82) is 0 Å². The van der Waals surface area contributed by atoms with Crippen LogP contribution in [-0.2, 0) is 9.53 Å². The lowest BCUT2D eigenvalue weighted by Crippen LogP contribution is -2.45. The number of benzene rings is 2. The molecule has 0 saturated heterocycles. The van der Waals surface area contributed by atoms with Crippen molar-refractivity contribution in [3.63, 3.8) is 0 Å². The Labute approximate surface area is 140 Å². The van der Waals surface area contributed by atoms with E-state index in [0.717, 1.165) is 22.3 Å². The van der Waals surface area contributed by atoms with Gasteiger partial charge < -0.3 is 9.84 Å². The van der Waals surface area contributed by atoms with Gasteiger partial charge in [-0.2, -0.15) is 0 Å². The Bertz CT molecular complexity index is 870. The van der Waals surface area contributed by atoms with Gasteiger partial charge in [0.15, 0.2) is 0 Å². The van der Waals surface area contributed by atoms with Crippen LogP contribution in [0.1, 0.15) is 57.8 Å². The van der Waals surface area contributed by atoms with Gasteiger partial charge in [0.1, 0.15) is 0 Å². The fourth-order valence-electron chi connectivity index (χ4n) is 4.58. The number of carboxylic acids is 1. The number of hydrogen-bond acceptors (Lipinski definition) is 3. The molecular formula is C20H18O4. The van der Waals surface area contributed by atoms with Crippen LogP contribution in [0.25, 0.3) is 0 Å². The first-order chi connectivity index (χ1) is 11.5. The number of hydrogen-bond donors (Lipinski definition) is 1. The normalized spacial score (nSPS) is 26.4. The Kier molecular flexibility index (Phi) is 3.07. The second-order valence-electron chi connectivity index (χ2n) is 6.84. The monoisotopic (exact) mass is 322 g/mol. The average Bonchev–Trinajstić information content (AvgIpc) is 2.60. The summed E-state index contributed by atoms with van der Waals surface area (Å²) in [4.78, 5) is 24.3. The topological polar surface area (TPSA) is 63.6 Å². The first kappa shape index (κ1) is 14.9. The quantitative estimate of drug-likeness (QED) is 0.859. The van der Waals surface area contributed by atoms with E-state index in [1.54, 1.807) is 6.07 Å². The van der Waals surface area contributed by atoms with Gasteiger partial charge in [-0.1, -0.05) is 36.4 Å². The summed E-state index contributed by atoms with van der Waals surface area (Å²) in [5.41, 5.74) is 3.75. The lowest BCUT2D eigenvalue weighted by atomic mass is 9.52. The molecule has 0 saturated carbocycles. The van der Waals surface area contributed by atoms with Crippen LogP contribution in [0.4, 0.5) is 0 Å². The highest BCUT2D eigenvalue weighted by molar-refractivity contribution is 5.93. The molecule has 2 aromatic rings. The average molecular weight is 322 g/mol. The zero-order valence-electron chi connectivity index (χ0n) is 13.6. The number of carbonyl (C=O) groups excluding carboxylic acids is 1. The van der Waals surface area contributed by atoms with Crippen molar-refractivity contribution >= 4 is 11.9 Å². The molecular weight excluding hydrogens is 304 g/mol. The molecule has 0 aliphatic heterocycles. The van der Waals surface area contributed by atoms with Crippen LogP contribution in [0.3, 0.4) is 0 Å². The summed E-state index contributed by atoms with van der Waals surface area (Å²) in [5.74, 6) is -1.51. The molecule has 1 N–H and O–H groups in total. The van der Waals surface area contributed by atoms with E-state index in [9.17, 15) is 14.7 Å². The first-order valence-electron chi connectivity index (χ1n) is 8.02. The molecule has 0 aromatic heterocycles. The molecule has 5 rings (SSSR count). The lowest BCUT2D eigenvalue weighted by Gasteiger charge is -2.50. The molecule has 122 valence electrons. The number of fused-ring (bicyclic) bond motifs is 1. The molecule has 2 aromatic carbocycles. The molecule has 0 amide bonds. The molecule has 3 aliphatic carbocycles. The van der Waals surface area contributed by atoms with Crippen LogP contribution in [0.2, 0.25) is 0 Å². The van der Waals surface area contributed by atoms with E-state index in [-0.39, 0.29) is 17.8 Å². The highest BCUT2D eigenvalue weighted by Gasteiger charge is 2.55. The maximum absolute atomic E-state index is 12.2. The summed E-state index contributed by atoms with van der Waals surface area (Å²) in [6, 6.07) is 13.5. The van der Waals surface area contributed by atoms with Crippen LogP contribution >= 0.6 is 0 Å². The largest absolute Gasteiger partial charge is 0.481 e. The van der Waals surface area contributed by atoms with Crippen molar-refractivity contribution in [2.75, 3.05) is 7.11 Å². The Hall–Kier alpha value is -2.62. The SMILES string of the molecule is COC(=O)c1cccc2c1C1CC(C)(C(=O)O)C2c2ccccc21. The van der Waals surface area contributed by atoms with Crippen LogP contribution in [0.15, 0.2) is 42.5 Å². The second kappa shape index (κ2) is 4.94. The summed E-state index contributed by atoms with van der Waals surface area (Å²) in [6.45, 7) is 1.82.